The molecule has 0 aliphatic carbocycles. The molecule has 106 valence electrons. The fourth-order valence-electron chi connectivity index (χ4n) is 1.86. The molecule has 0 spiro atoms. The molecule has 6 nitrogen and oxygen atoms in total. The minimum absolute atomic E-state index is 0.203. The second-order valence-corrected chi connectivity index (χ2v) is 4.82. The Bertz CT molecular complexity index is 381. The van der Waals surface area contributed by atoms with Crippen molar-refractivity contribution in [2.24, 2.45) is 0 Å². The van der Waals surface area contributed by atoms with Crippen LogP contribution in [0.3, 0.4) is 0 Å². The standard InChI is InChI=1S/C13H23N5O/c1-3-10(2)18-13-6-12(16-9-17-13)15-8-11-7-14-4-5-19-11/h6,9-11,14H,3-5,7-8H2,1-2H3,(H2,15,16,17,18). The van der Waals surface area contributed by atoms with Crippen LogP contribution >= 0.6 is 0 Å². The third kappa shape index (κ3) is 4.65. The number of hydrogen-bond acceptors (Lipinski definition) is 6. The molecule has 6 heteroatoms. The zero-order valence-corrected chi connectivity index (χ0v) is 11.6. The first-order chi connectivity index (χ1) is 9.28. The van der Waals surface area contributed by atoms with E-state index in [9.17, 15) is 0 Å². The van der Waals surface area contributed by atoms with Crippen molar-refractivity contribution in [1.82, 2.24) is 15.3 Å². The number of aromatic nitrogens is 2. The minimum Gasteiger partial charge on any atom is -0.374 e. The van der Waals surface area contributed by atoms with E-state index in [0.717, 1.165) is 44.3 Å². The molecule has 2 atom stereocenters. The Kier molecular flexibility index (Phi) is 5.35. The van der Waals surface area contributed by atoms with E-state index in [2.05, 4.69) is 39.8 Å². The molecule has 1 aliphatic rings. The molecule has 0 aromatic carbocycles. The Hall–Kier alpha value is -1.40. The maximum atomic E-state index is 5.63. The van der Waals surface area contributed by atoms with Gasteiger partial charge in [0.2, 0.25) is 0 Å². The highest BCUT2D eigenvalue weighted by atomic mass is 16.5. The summed E-state index contributed by atoms with van der Waals surface area (Å²) < 4.78 is 5.63. The van der Waals surface area contributed by atoms with Crippen LogP contribution in [-0.2, 0) is 4.74 Å². The van der Waals surface area contributed by atoms with E-state index >= 15 is 0 Å². The van der Waals surface area contributed by atoms with Crippen LogP contribution in [0.2, 0.25) is 0 Å². The number of anilines is 2. The van der Waals surface area contributed by atoms with Gasteiger partial charge in [-0.05, 0) is 13.3 Å². The minimum atomic E-state index is 0.203. The Labute approximate surface area is 114 Å². The highest BCUT2D eigenvalue weighted by Crippen LogP contribution is 2.11. The van der Waals surface area contributed by atoms with Gasteiger partial charge in [-0.1, -0.05) is 6.92 Å². The van der Waals surface area contributed by atoms with Crippen LogP contribution in [0.5, 0.6) is 0 Å². The molecule has 0 amide bonds. The molecule has 1 aromatic heterocycles. The number of ether oxygens (including phenoxy) is 1. The fourth-order valence-corrected chi connectivity index (χ4v) is 1.86. The van der Waals surface area contributed by atoms with E-state index in [-0.39, 0.29) is 6.10 Å². The molecule has 1 aromatic rings. The van der Waals surface area contributed by atoms with Crippen LogP contribution in [0, 0.1) is 0 Å². The van der Waals surface area contributed by atoms with Gasteiger partial charge in [-0.3, -0.25) is 0 Å². The largest absolute Gasteiger partial charge is 0.374 e. The average Bonchev–Trinajstić information content (AvgIpc) is 2.46. The summed E-state index contributed by atoms with van der Waals surface area (Å²) in [5.41, 5.74) is 0. The van der Waals surface area contributed by atoms with Crippen molar-refractivity contribution < 1.29 is 4.74 Å². The smallest absolute Gasteiger partial charge is 0.131 e. The highest BCUT2D eigenvalue weighted by Gasteiger charge is 2.13. The lowest BCUT2D eigenvalue weighted by Crippen LogP contribution is -2.42. The Morgan fingerprint density at radius 1 is 1.47 bits per heavy atom. The molecule has 1 aliphatic heterocycles. The second kappa shape index (κ2) is 7.25. The second-order valence-electron chi connectivity index (χ2n) is 4.82. The van der Waals surface area contributed by atoms with Gasteiger partial charge >= 0.3 is 0 Å². The summed E-state index contributed by atoms with van der Waals surface area (Å²) in [6, 6.07) is 2.34. The molecule has 1 saturated heterocycles. The maximum absolute atomic E-state index is 5.63. The SMILES string of the molecule is CCC(C)Nc1cc(NCC2CNCCO2)ncn1. The summed E-state index contributed by atoms with van der Waals surface area (Å²) in [7, 11) is 0. The van der Waals surface area contributed by atoms with E-state index in [1.807, 2.05) is 6.07 Å². The summed E-state index contributed by atoms with van der Waals surface area (Å²) in [6.07, 6.45) is 2.84. The zero-order chi connectivity index (χ0) is 13.5. The summed E-state index contributed by atoms with van der Waals surface area (Å²) in [6.45, 7) is 7.63. The fraction of sp³-hybridized carbons (Fsp3) is 0.692. The van der Waals surface area contributed by atoms with Gasteiger partial charge in [0.1, 0.15) is 18.0 Å². The Balaban J connectivity index is 1.84. The van der Waals surface area contributed by atoms with E-state index < -0.39 is 0 Å². The Morgan fingerprint density at radius 2 is 2.32 bits per heavy atom. The topological polar surface area (TPSA) is 71.1 Å². The number of hydrogen-bond donors (Lipinski definition) is 3. The zero-order valence-electron chi connectivity index (χ0n) is 11.6. The molecule has 2 unspecified atom stereocenters. The molecular formula is C13H23N5O. The van der Waals surface area contributed by atoms with Crippen LogP contribution in [0.25, 0.3) is 0 Å². The molecule has 0 saturated carbocycles. The van der Waals surface area contributed by atoms with Gasteiger partial charge in [-0.2, -0.15) is 0 Å². The highest BCUT2D eigenvalue weighted by molar-refractivity contribution is 5.46. The predicted molar refractivity (Wildman–Crippen MR) is 76.5 cm³/mol. The predicted octanol–water partition coefficient (Wildman–Crippen LogP) is 1.09. The Morgan fingerprint density at radius 3 is 3.05 bits per heavy atom. The van der Waals surface area contributed by atoms with Crippen LogP contribution < -0.4 is 16.0 Å². The molecule has 0 radical (unpaired) electrons. The molecule has 1 fully saturated rings. The van der Waals surface area contributed by atoms with Gasteiger partial charge in [-0.25, -0.2) is 9.97 Å². The monoisotopic (exact) mass is 265 g/mol. The first-order valence-electron chi connectivity index (χ1n) is 6.92. The van der Waals surface area contributed by atoms with Gasteiger partial charge in [-0.15, -0.1) is 0 Å². The average molecular weight is 265 g/mol. The lowest BCUT2D eigenvalue weighted by Gasteiger charge is -2.24. The van der Waals surface area contributed by atoms with Crippen LogP contribution in [0.4, 0.5) is 11.6 Å². The summed E-state index contributed by atoms with van der Waals surface area (Å²) >= 11 is 0. The van der Waals surface area contributed by atoms with Crippen molar-refractivity contribution in [3.8, 4) is 0 Å². The summed E-state index contributed by atoms with van der Waals surface area (Å²) in [5, 5.41) is 9.93. The van der Waals surface area contributed by atoms with Gasteiger partial charge in [0.25, 0.3) is 0 Å². The van der Waals surface area contributed by atoms with Crippen LogP contribution in [0.1, 0.15) is 20.3 Å². The maximum Gasteiger partial charge on any atom is 0.131 e. The molecule has 2 rings (SSSR count). The van der Waals surface area contributed by atoms with Crippen molar-refractivity contribution in [2.75, 3.05) is 36.9 Å². The molecule has 0 bridgehead atoms. The molecule has 19 heavy (non-hydrogen) atoms. The lowest BCUT2D eigenvalue weighted by atomic mass is 10.2. The van der Waals surface area contributed by atoms with Crippen molar-refractivity contribution in [3.63, 3.8) is 0 Å². The molecular weight excluding hydrogens is 242 g/mol. The molecule has 2 heterocycles. The van der Waals surface area contributed by atoms with Gasteiger partial charge in [0, 0.05) is 31.7 Å². The van der Waals surface area contributed by atoms with Crippen molar-refractivity contribution in [2.45, 2.75) is 32.4 Å². The normalized spacial score (nSPS) is 20.8. The number of morpholine rings is 1. The van der Waals surface area contributed by atoms with Crippen molar-refractivity contribution in [1.29, 1.82) is 0 Å². The van der Waals surface area contributed by atoms with Gasteiger partial charge < -0.3 is 20.7 Å². The van der Waals surface area contributed by atoms with E-state index in [4.69, 9.17) is 4.74 Å². The lowest BCUT2D eigenvalue weighted by molar-refractivity contribution is 0.0372. The van der Waals surface area contributed by atoms with E-state index in [1.165, 1.54) is 0 Å². The number of nitrogens with zero attached hydrogens (tertiary/aromatic N) is 2. The molecule has 3 N–H and O–H groups in total. The van der Waals surface area contributed by atoms with Gasteiger partial charge in [0.05, 0.1) is 12.7 Å². The van der Waals surface area contributed by atoms with E-state index in [0.29, 0.717) is 6.04 Å². The first-order valence-corrected chi connectivity index (χ1v) is 6.92. The summed E-state index contributed by atoms with van der Waals surface area (Å²) in [4.78, 5) is 8.43. The third-order valence-corrected chi connectivity index (χ3v) is 3.19. The van der Waals surface area contributed by atoms with Crippen LogP contribution in [-0.4, -0.2) is 48.4 Å². The third-order valence-electron chi connectivity index (χ3n) is 3.19. The number of nitrogens with one attached hydrogen (secondary N) is 3. The van der Waals surface area contributed by atoms with E-state index in [1.54, 1.807) is 6.33 Å². The summed E-state index contributed by atoms with van der Waals surface area (Å²) in [5.74, 6) is 1.68. The van der Waals surface area contributed by atoms with Gasteiger partial charge in [0.15, 0.2) is 0 Å². The van der Waals surface area contributed by atoms with Crippen molar-refractivity contribution >= 4 is 11.6 Å². The van der Waals surface area contributed by atoms with Crippen LogP contribution in [0.15, 0.2) is 12.4 Å². The number of rotatable bonds is 6. The quantitative estimate of drug-likeness (QED) is 0.715. The van der Waals surface area contributed by atoms with Crippen molar-refractivity contribution in [3.05, 3.63) is 12.4 Å². The first kappa shape index (κ1) is 14.0.